The molecule has 2 aromatic carbocycles. The van der Waals surface area contributed by atoms with Gasteiger partial charge < -0.3 is 4.74 Å². The van der Waals surface area contributed by atoms with E-state index < -0.39 is 5.82 Å². The normalized spacial score (nSPS) is 10.8. The second kappa shape index (κ2) is 5.10. The van der Waals surface area contributed by atoms with Crippen molar-refractivity contribution in [2.75, 3.05) is 7.11 Å². The third kappa shape index (κ3) is 2.21. The maximum atomic E-state index is 13.5. The lowest BCUT2D eigenvalue weighted by molar-refractivity contribution is 0.415. The summed E-state index contributed by atoms with van der Waals surface area (Å²) in [6, 6.07) is 14.1. The molecule has 0 N–H and O–H groups in total. The molecule has 0 aliphatic heterocycles. The van der Waals surface area contributed by atoms with Crippen molar-refractivity contribution >= 4 is 22.5 Å². The van der Waals surface area contributed by atoms with E-state index in [4.69, 9.17) is 16.3 Å². The Hall–Kier alpha value is -2.13. The van der Waals surface area contributed by atoms with Crippen molar-refractivity contribution in [3.8, 4) is 17.0 Å². The number of rotatable bonds is 2. The van der Waals surface area contributed by atoms with Gasteiger partial charge in [-0.25, -0.2) is 9.37 Å². The molecule has 100 valence electrons. The van der Waals surface area contributed by atoms with Crippen molar-refractivity contribution in [3.63, 3.8) is 0 Å². The highest BCUT2D eigenvalue weighted by Gasteiger charge is 2.12. The number of nitrogens with zero attached hydrogens (tertiary/aromatic N) is 1. The molecule has 0 saturated heterocycles. The zero-order chi connectivity index (χ0) is 14.1. The van der Waals surface area contributed by atoms with Crippen LogP contribution >= 0.6 is 11.6 Å². The minimum atomic E-state index is -0.398. The Morgan fingerprint density at radius 3 is 2.55 bits per heavy atom. The Kier molecular flexibility index (Phi) is 3.28. The van der Waals surface area contributed by atoms with Gasteiger partial charge in [0.25, 0.3) is 0 Å². The quantitative estimate of drug-likeness (QED) is 0.681. The molecule has 0 aliphatic carbocycles. The number of hydrogen-bond donors (Lipinski definition) is 0. The third-order valence-corrected chi connectivity index (χ3v) is 3.39. The number of benzene rings is 2. The van der Waals surface area contributed by atoms with Gasteiger partial charge in [-0.2, -0.15) is 0 Å². The van der Waals surface area contributed by atoms with E-state index in [2.05, 4.69) is 4.98 Å². The predicted octanol–water partition coefficient (Wildman–Crippen LogP) is 4.70. The number of pyridine rings is 1. The lowest BCUT2D eigenvalue weighted by Gasteiger charge is -2.09. The maximum Gasteiger partial charge on any atom is 0.148 e. The van der Waals surface area contributed by atoms with E-state index >= 15 is 0 Å². The number of methoxy groups -OCH3 is 1. The summed E-state index contributed by atoms with van der Waals surface area (Å²) in [4.78, 5) is 4.54. The molecule has 0 unspecified atom stereocenters. The molecule has 1 heterocycles. The van der Waals surface area contributed by atoms with Crippen LogP contribution in [0.25, 0.3) is 22.2 Å². The molecule has 4 heteroatoms. The lowest BCUT2D eigenvalue weighted by atomic mass is 10.1. The molecule has 0 bridgehead atoms. The summed E-state index contributed by atoms with van der Waals surface area (Å²) in [5, 5.41) is 0.995. The Morgan fingerprint density at radius 2 is 1.85 bits per heavy atom. The van der Waals surface area contributed by atoms with Gasteiger partial charge in [-0.3, -0.25) is 0 Å². The first-order chi connectivity index (χ1) is 9.69. The molecule has 0 saturated carbocycles. The fourth-order valence-electron chi connectivity index (χ4n) is 2.13. The van der Waals surface area contributed by atoms with Crippen LogP contribution in [0.5, 0.6) is 5.75 Å². The average molecular weight is 288 g/mol. The van der Waals surface area contributed by atoms with E-state index in [1.807, 2.05) is 30.3 Å². The first-order valence-electron chi connectivity index (χ1n) is 6.08. The van der Waals surface area contributed by atoms with Gasteiger partial charge in [-0.05, 0) is 12.1 Å². The number of halogens is 2. The molecule has 0 atom stereocenters. The molecule has 20 heavy (non-hydrogen) atoms. The predicted molar refractivity (Wildman–Crippen MR) is 78.7 cm³/mol. The van der Waals surface area contributed by atoms with Crippen LogP contribution in [-0.4, -0.2) is 12.1 Å². The van der Waals surface area contributed by atoms with Crippen LogP contribution in [0.1, 0.15) is 0 Å². The SMILES string of the molecule is COc1cc(F)cc2c(Cl)cc(-c3ccccc3)nc12. The number of aromatic nitrogens is 1. The van der Waals surface area contributed by atoms with Crippen LogP contribution in [0.4, 0.5) is 4.39 Å². The second-order valence-corrected chi connectivity index (χ2v) is 4.77. The van der Waals surface area contributed by atoms with Crippen molar-refractivity contribution in [1.29, 1.82) is 0 Å². The standard InChI is InChI=1S/C16H11ClFNO/c1-20-15-8-11(18)7-12-13(17)9-14(19-16(12)15)10-5-3-2-4-6-10/h2-9H,1H3. The Morgan fingerprint density at radius 1 is 1.10 bits per heavy atom. The van der Waals surface area contributed by atoms with Gasteiger partial charge in [0.05, 0.1) is 17.8 Å². The van der Waals surface area contributed by atoms with Gasteiger partial charge in [0.15, 0.2) is 0 Å². The molecule has 0 aliphatic rings. The zero-order valence-electron chi connectivity index (χ0n) is 10.7. The van der Waals surface area contributed by atoms with Gasteiger partial charge in [-0.1, -0.05) is 41.9 Å². The van der Waals surface area contributed by atoms with Gasteiger partial charge in [0.2, 0.25) is 0 Å². The summed E-state index contributed by atoms with van der Waals surface area (Å²) in [7, 11) is 1.49. The van der Waals surface area contributed by atoms with E-state index in [9.17, 15) is 4.39 Å². The molecular weight excluding hydrogens is 277 g/mol. The summed E-state index contributed by atoms with van der Waals surface area (Å²) in [5.74, 6) is -0.0230. The third-order valence-electron chi connectivity index (χ3n) is 3.08. The zero-order valence-corrected chi connectivity index (χ0v) is 11.5. The summed E-state index contributed by atoms with van der Waals surface area (Å²) in [6.07, 6.45) is 0. The van der Waals surface area contributed by atoms with Gasteiger partial charge in [0.1, 0.15) is 17.1 Å². The first kappa shape index (κ1) is 12.9. The summed E-state index contributed by atoms with van der Waals surface area (Å²) in [6.45, 7) is 0. The van der Waals surface area contributed by atoms with Crippen LogP contribution < -0.4 is 4.74 Å². The van der Waals surface area contributed by atoms with E-state index in [-0.39, 0.29) is 0 Å². The van der Waals surface area contributed by atoms with Gasteiger partial charge in [0, 0.05) is 17.0 Å². The van der Waals surface area contributed by atoms with Crippen molar-refractivity contribution < 1.29 is 9.13 Å². The number of fused-ring (bicyclic) bond motifs is 1. The number of ether oxygens (including phenoxy) is 1. The van der Waals surface area contributed by atoms with Crippen molar-refractivity contribution in [1.82, 2.24) is 4.98 Å². The molecule has 0 amide bonds. The van der Waals surface area contributed by atoms with E-state index in [0.717, 1.165) is 11.3 Å². The minimum absolute atomic E-state index is 0.375. The summed E-state index contributed by atoms with van der Waals surface area (Å²) in [5.41, 5.74) is 2.23. The van der Waals surface area contributed by atoms with E-state index in [1.165, 1.54) is 19.2 Å². The minimum Gasteiger partial charge on any atom is -0.494 e. The molecule has 3 rings (SSSR count). The Labute approximate surface area is 120 Å². The maximum absolute atomic E-state index is 13.5. The van der Waals surface area contributed by atoms with E-state index in [1.54, 1.807) is 6.07 Å². The topological polar surface area (TPSA) is 22.1 Å². The highest BCUT2D eigenvalue weighted by Crippen LogP contribution is 2.33. The van der Waals surface area contributed by atoms with Crippen molar-refractivity contribution in [2.24, 2.45) is 0 Å². The second-order valence-electron chi connectivity index (χ2n) is 4.36. The summed E-state index contributed by atoms with van der Waals surface area (Å²) < 4.78 is 18.7. The molecule has 1 aromatic heterocycles. The van der Waals surface area contributed by atoms with Gasteiger partial charge >= 0.3 is 0 Å². The van der Waals surface area contributed by atoms with Crippen LogP contribution in [0.3, 0.4) is 0 Å². The monoisotopic (exact) mass is 287 g/mol. The lowest BCUT2D eigenvalue weighted by Crippen LogP contribution is -1.92. The van der Waals surface area contributed by atoms with Gasteiger partial charge in [-0.15, -0.1) is 0 Å². The fraction of sp³-hybridized carbons (Fsp3) is 0.0625. The van der Waals surface area contributed by atoms with Crippen LogP contribution in [0.15, 0.2) is 48.5 Å². The Balaban J connectivity index is 2.31. The van der Waals surface area contributed by atoms with Crippen LogP contribution in [-0.2, 0) is 0 Å². The molecule has 0 radical (unpaired) electrons. The molecule has 0 spiro atoms. The van der Waals surface area contributed by atoms with Crippen molar-refractivity contribution in [2.45, 2.75) is 0 Å². The number of hydrogen-bond acceptors (Lipinski definition) is 2. The van der Waals surface area contributed by atoms with E-state index in [0.29, 0.717) is 21.7 Å². The Bertz CT molecular complexity index is 774. The van der Waals surface area contributed by atoms with Crippen molar-refractivity contribution in [3.05, 3.63) is 59.4 Å². The van der Waals surface area contributed by atoms with Crippen LogP contribution in [0.2, 0.25) is 5.02 Å². The average Bonchev–Trinajstić information content (AvgIpc) is 2.48. The molecular formula is C16H11ClFNO. The first-order valence-corrected chi connectivity index (χ1v) is 6.46. The molecule has 0 fully saturated rings. The smallest absolute Gasteiger partial charge is 0.148 e. The molecule has 3 aromatic rings. The largest absolute Gasteiger partial charge is 0.494 e. The highest BCUT2D eigenvalue weighted by atomic mass is 35.5. The van der Waals surface area contributed by atoms with Crippen LogP contribution in [0, 0.1) is 5.82 Å². The fourth-order valence-corrected chi connectivity index (χ4v) is 2.38. The molecule has 2 nitrogen and oxygen atoms in total. The highest BCUT2D eigenvalue weighted by molar-refractivity contribution is 6.35. The summed E-state index contributed by atoms with van der Waals surface area (Å²) >= 11 is 6.25.